The van der Waals surface area contributed by atoms with Gasteiger partial charge in [-0.15, -0.1) is 21.5 Å². The van der Waals surface area contributed by atoms with Gasteiger partial charge in [0.05, 0.1) is 0 Å². The predicted octanol–water partition coefficient (Wildman–Crippen LogP) is -0.0639. The highest BCUT2D eigenvalue weighted by atomic mass is 32.1. The quantitative estimate of drug-likeness (QED) is 0.620. The normalized spacial score (nSPS) is 10.9. The van der Waals surface area contributed by atoms with Gasteiger partial charge < -0.3 is 0 Å². The Balaban J connectivity index is 2.38. The number of thiazole rings is 1. The lowest BCUT2D eigenvalue weighted by molar-refractivity contribution is 0.881. The number of hydrogen-bond donors (Lipinski definition) is 1. The highest BCUT2D eigenvalue weighted by molar-refractivity contribution is 7.15. The summed E-state index contributed by atoms with van der Waals surface area (Å²) in [5.74, 6) is 0.258. The summed E-state index contributed by atoms with van der Waals surface area (Å²) in [5.41, 5.74) is 0.141. The number of aromatic nitrogens is 6. The Morgan fingerprint density at radius 2 is 2.40 bits per heavy atom. The van der Waals surface area contributed by atoms with Crippen LogP contribution in [-0.4, -0.2) is 30.0 Å². The van der Waals surface area contributed by atoms with Crippen molar-refractivity contribution in [3.05, 3.63) is 28.1 Å². The third-order valence-corrected chi connectivity index (χ3v) is 2.70. The molecule has 0 aromatic carbocycles. The number of hydrogen-bond acceptors (Lipinski definition) is 6. The fourth-order valence-electron chi connectivity index (χ4n) is 1.25. The summed E-state index contributed by atoms with van der Waals surface area (Å²) in [7, 11) is 0. The van der Waals surface area contributed by atoms with Gasteiger partial charge in [-0.1, -0.05) is 0 Å². The van der Waals surface area contributed by atoms with E-state index in [0.29, 0.717) is 10.5 Å². The Kier molecular flexibility index (Phi) is 1.62. The molecule has 15 heavy (non-hydrogen) atoms. The fourth-order valence-corrected chi connectivity index (χ4v) is 1.93. The van der Waals surface area contributed by atoms with Crippen molar-refractivity contribution >= 4 is 16.3 Å². The van der Waals surface area contributed by atoms with E-state index in [0.717, 1.165) is 0 Å². The number of nitrogens with one attached hydrogen (secondary N) is 1. The second-order valence-electron chi connectivity index (χ2n) is 2.77. The molecule has 8 heteroatoms. The summed E-state index contributed by atoms with van der Waals surface area (Å²) < 4.78 is 1.45. The van der Waals surface area contributed by atoms with Gasteiger partial charge in [-0.05, 0) is 5.21 Å². The molecule has 1 N–H and O–H groups in total. The molecule has 3 aromatic rings. The molecule has 0 saturated carbocycles. The van der Waals surface area contributed by atoms with Gasteiger partial charge in [0.25, 0.3) is 5.56 Å². The summed E-state index contributed by atoms with van der Waals surface area (Å²) in [6, 6.07) is 0. The fraction of sp³-hybridized carbons (Fsp3) is 0. The maximum atomic E-state index is 11.9. The summed E-state index contributed by atoms with van der Waals surface area (Å²) in [6.07, 6.45) is 3.12. The van der Waals surface area contributed by atoms with E-state index in [9.17, 15) is 4.79 Å². The molecule has 7 nitrogen and oxygen atoms in total. The lowest BCUT2D eigenvalue weighted by Gasteiger charge is -1.94. The molecule has 0 aliphatic heterocycles. The van der Waals surface area contributed by atoms with Crippen LogP contribution in [0.25, 0.3) is 16.3 Å². The molecule has 3 heterocycles. The van der Waals surface area contributed by atoms with Crippen molar-refractivity contribution in [3.63, 3.8) is 0 Å². The lowest BCUT2D eigenvalue weighted by atomic mass is 10.3. The van der Waals surface area contributed by atoms with Crippen LogP contribution in [0.3, 0.4) is 0 Å². The van der Waals surface area contributed by atoms with Crippen LogP contribution in [0.15, 0.2) is 22.6 Å². The Morgan fingerprint density at radius 1 is 1.47 bits per heavy atom. The van der Waals surface area contributed by atoms with Crippen LogP contribution in [0.5, 0.6) is 0 Å². The second-order valence-corrected chi connectivity index (χ2v) is 3.64. The number of tetrazole rings is 1. The molecular weight excluding hydrogens is 216 g/mol. The molecule has 3 rings (SSSR count). The lowest BCUT2D eigenvalue weighted by Crippen LogP contribution is -2.15. The number of fused-ring (bicyclic) bond motifs is 1. The van der Waals surface area contributed by atoms with Crippen molar-refractivity contribution in [2.45, 2.75) is 0 Å². The van der Waals surface area contributed by atoms with E-state index >= 15 is 0 Å². The van der Waals surface area contributed by atoms with Crippen LogP contribution >= 0.6 is 11.3 Å². The summed E-state index contributed by atoms with van der Waals surface area (Å²) in [4.78, 5) is 16.7. The molecule has 0 fully saturated rings. The van der Waals surface area contributed by atoms with Gasteiger partial charge in [0.2, 0.25) is 5.82 Å². The smallest absolute Gasteiger partial charge is 0.268 e. The first-order valence-electron chi connectivity index (χ1n) is 4.05. The Morgan fingerprint density at radius 3 is 3.20 bits per heavy atom. The zero-order valence-corrected chi connectivity index (χ0v) is 8.10. The topological polar surface area (TPSA) is 88.8 Å². The van der Waals surface area contributed by atoms with E-state index in [1.54, 1.807) is 11.6 Å². The maximum Gasteiger partial charge on any atom is 0.269 e. The van der Waals surface area contributed by atoms with E-state index in [4.69, 9.17) is 0 Å². The molecule has 0 saturated heterocycles. The first-order valence-corrected chi connectivity index (χ1v) is 4.93. The Hall–Kier alpha value is -2.09. The van der Waals surface area contributed by atoms with Gasteiger partial charge in [-0.3, -0.25) is 9.20 Å². The standard InChI is InChI=1S/C7H4N6OS/c14-6-4(5-9-11-12-10-5)3-8-7-13(6)1-2-15-7/h1-3H,(H,9,10,11,12). The molecule has 0 radical (unpaired) electrons. The van der Waals surface area contributed by atoms with Crippen molar-refractivity contribution in [2.75, 3.05) is 0 Å². The monoisotopic (exact) mass is 220 g/mol. The van der Waals surface area contributed by atoms with Crippen LogP contribution in [0, 0.1) is 0 Å². The minimum atomic E-state index is -0.192. The predicted molar refractivity (Wildman–Crippen MR) is 52.5 cm³/mol. The van der Waals surface area contributed by atoms with Gasteiger partial charge >= 0.3 is 0 Å². The van der Waals surface area contributed by atoms with E-state index in [2.05, 4.69) is 25.6 Å². The van der Waals surface area contributed by atoms with Crippen LogP contribution < -0.4 is 5.56 Å². The highest BCUT2D eigenvalue weighted by Crippen LogP contribution is 2.10. The van der Waals surface area contributed by atoms with Crippen molar-refractivity contribution in [1.82, 2.24) is 30.0 Å². The van der Waals surface area contributed by atoms with Crippen molar-refractivity contribution < 1.29 is 0 Å². The van der Waals surface area contributed by atoms with E-state index in [1.165, 1.54) is 21.9 Å². The van der Waals surface area contributed by atoms with Crippen molar-refractivity contribution in [1.29, 1.82) is 0 Å². The first-order chi connectivity index (χ1) is 7.36. The zero-order chi connectivity index (χ0) is 10.3. The molecule has 3 aromatic heterocycles. The molecule has 0 amide bonds. The average molecular weight is 220 g/mol. The van der Waals surface area contributed by atoms with Crippen LogP contribution in [0.4, 0.5) is 0 Å². The van der Waals surface area contributed by atoms with Crippen molar-refractivity contribution in [3.8, 4) is 11.4 Å². The SMILES string of the molecule is O=c1c(-c2nn[nH]n2)cnc2sccn12. The molecule has 74 valence electrons. The maximum absolute atomic E-state index is 11.9. The molecule has 0 bridgehead atoms. The molecule has 0 atom stereocenters. The summed E-state index contributed by atoms with van der Waals surface area (Å²) in [5, 5.41) is 15.0. The summed E-state index contributed by atoms with van der Waals surface area (Å²) in [6.45, 7) is 0. The van der Waals surface area contributed by atoms with Gasteiger partial charge in [-0.25, -0.2) is 4.98 Å². The van der Waals surface area contributed by atoms with E-state index in [-0.39, 0.29) is 11.4 Å². The van der Waals surface area contributed by atoms with Crippen molar-refractivity contribution in [2.24, 2.45) is 0 Å². The number of rotatable bonds is 1. The highest BCUT2D eigenvalue weighted by Gasteiger charge is 2.11. The Labute approximate surface area is 86.4 Å². The molecule has 0 aliphatic carbocycles. The number of aromatic amines is 1. The molecule has 0 aliphatic rings. The third kappa shape index (κ3) is 1.15. The second kappa shape index (κ2) is 2.95. The van der Waals surface area contributed by atoms with Gasteiger partial charge in [0, 0.05) is 17.8 Å². The Bertz CT molecular complexity index is 653. The first kappa shape index (κ1) is 8.24. The number of H-pyrrole nitrogens is 1. The molecular formula is C7H4N6OS. The third-order valence-electron chi connectivity index (χ3n) is 1.93. The van der Waals surface area contributed by atoms with E-state index < -0.39 is 0 Å². The molecule has 0 spiro atoms. The van der Waals surface area contributed by atoms with Crippen LogP contribution in [0.1, 0.15) is 0 Å². The van der Waals surface area contributed by atoms with E-state index in [1.807, 2.05) is 0 Å². The zero-order valence-electron chi connectivity index (χ0n) is 7.28. The molecule has 0 unspecified atom stereocenters. The average Bonchev–Trinajstić information content (AvgIpc) is 2.87. The van der Waals surface area contributed by atoms with Gasteiger partial charge in [-0.2, -0.15) is 5.21 Å². The van der Waals surface area contributed by atoms with Gasteiger partial charge in [0.15, 0.2) is 4.96 Å². The minimum absolute atomic E-state index is 0.192. The largest absolute Gasteiger partial charge is 0.269 e. The summed E-state index contributed by atoms with van der Waals surface area (Å²) >= 11 is 1.40. The number of nitrogens with zero attached hydrogens (tertiary/aromatic N) is 5. The van der Waals surface area contributed by atoms with Crippen LogP contribution in [0.2, 0.25) is 0 Å². The van der Waals surface area contributed by atoms with Crippen LogP contribution in [-0.2, 0) is 0 Å². The minimum Gasteiger partial charge on any atom is -0.268 e. The van der Waals surface area contributed by atoms with Gasteiger partial charge in [0.1, 0.15) is 5.56 Å².